The predicted octanol–water partition coefficient (Wildman–Crippen LogP) is 6.77. The first-order valence-electron chi connectivity index (χ1n) is 14.8. The monoisotopic (exact) mass is 568 g/mol. The minimum Gasteiger partial charge on any atom is -0.493 e. The Balaban J connectivity index is 1.51. The van der Waals surface area contributed by atoms with Crippen LogP contribution in [-0.2, 0) is 10.2 Å². The summed E-state index contributed by atoms with van der Waals surface area (Å²) in [5, 5.41) is 3.10. The maximum absolute atomic E-state index is 14.9. The molecule has 3 aliphatic rings. The van der Waals surface area contributed by atoms with Crippen molar-refractivity contribution in [2.45, 2.75) is 37.8 Å². The van der Waals surface area contributed by atoms with E-state index in [0.717, 1.165) is 28.7 Å². The number of anilines is 1. The summed E-state index contributed by atoms with van der Waals surface area (Å²) < 4.78 is 6.03. The summed E-state index contributed by atoms with van der Waals surface area (Å²) in [5.74, 6) is -1.31. The molecule has 0 unspecified atom stereocenters. The number of hydrogen-bond acceptors (Lipinski definition) is 5. The molecule has 6 heteroatoms. The zero-order valence-corrected chi connectivity index (χ0v) is 24.1. The molecule has 43 heavy (non-hydrogen) atoms. The van der Waals surface area contributed by atoms with E-state index in [0.29, 0.717) is 29.2 Å². The molecule has 1 N–H and O–H groups in total. The largest absolute Gasteiger partial charge is 0.493 e. The SMILES string of the molecule is CCCOc1ccccc1C(=O)[C@H]1[C@@H](C(=O)c2ccc(C)cc2)[C@]2(C(=O)Nc3ccccc32)[C@H]2c3ccccc3C=CN12. The van der Waals surface area contributed by atoms with E-state index in [1.54, 1.807) is 24.3 Å². The number of aryl methyl sites for hydroxylation is 1. The van der Waals surface area contributed by atoms with Crippen molar-refractivity contribution in [3.63, 3.8) is 0 Å². The molecule has 4 atom stereocenters. The molecular weight excluding hydrogens is 536 g/mol. The summed E-state index contributed by atoms with van der Waals surface area (Å²) in [6.45, 7) is 4.44. The number of fused-ring (bicyclic) bond motifs is 6. The lowest BCUT2D eigenvalue weighted by Gasteiger charge is -2.38. The Labute approximate surface area is 251 Å². The third kappa shape index (κ3) is 3.97. The van der Waals surface area contributed by atoms with Gasteiger partial charge in [0.2, 0.25) is 5.91 Å². The topological polar surface area (TPSA) is 75.7 Å². The van der Waals surface area contributed by atoms with Crippen molar-refractivity contribution >= 4 is 29.2 Å². The van der Waals surface area contributed by atoms with Gasteiger partial charge in [-0.3, -0.25) is 14.4 Å². The van der Waals surface area contributed by atoms with Crippen molar-refractivity contribution in [2.24, 2.45) is 5.92 Å². The Kier molecular flexibility index (Phi) is 6.50. The Morgan fingerprint density at radius 3 is 2.42 bits per heavy atom. The quantitative estimate of drug-likeness (QED) is 0.249. The number of benzene rings is 4. The summed E-state index contributed by atoms with van der Waals surface area (Å²) in [4.78, 5) is 46.4. The normalized spacial score (nSPS) is 23.0. The van der Waals surface area contributed by atoms with Crippen molar-refractivity contribution in [3.8, 4) is 5.75 Å². The van der Waals surface area contributed by atoms with Gasteiger partial charge in [-0.05, 0) is 54.3 Å². The number of rotatable bonds is 7. The Hall–Kier alpha value is -4.97. The van der Waals surface area contributed by atoms with Gasteiger partial charge < -0.3 is 15.0 Å². The number of Topliss-reactive ketones (excluding diaryl/α,β-unsaturated/α-hetero) is 2. The van der Waals surface area contributed by atoms with Crippen LogP contribution in [0, 0.1) is 12.8 Å². The molecule has 4 aromatic rings. The van der Waals surface area contributed by atoms with Gasteiger partial charge in [-0.25, -0.2) is 0 Å². The van der Waals surface area contributed by atoms with E-state index < -0.39 is 23.4 Å². The Morgan fingerprint density at radius 1 is 0.884 bits per heavy atom. The van der Waals surface area contributed by atoms with Gasteiger partial charge in [0.15, 0.2) is 11.6 Å². The fourth-order valence-electron chi connectivity index (χ4n) is 7.23. The standard InChI is InChI=1S/C37H32N2O4/c1-3-22-43-30-15-9-6-12-27(30)34(41)32-31(33(40)25-18-16-23(2)17-19-25)37(28-13-7-8-14-29(28)38-36(37)42)35-26-11-5-4-10-24(26)20-21-39(32)35/h4-21,31-32,35H,3,22H2,1-2H3,(H,38,42)/t31-,32+,35+,37-/m0/s1. The summed E-state index contributed by atoms with van der Waals surface area (Å²) >= 11 is 0. The minimum atomic E-state index is -1.36. The molecule has 6 nitrogen and oxygen atoms in total. The van der Waals surface area contributed by atoms with Crippen LogP contribution >= 0.6 is 0 Å². The van der Waals surface area contributed by atoms with Crippen LogP contribution in [-0.4, -0.2) is 35.0 Å². The molecule has 0 bridgehead atoms. The van der Waals surface area contributed by atoms with Crippen molar-refractivity contribution in [1.82, 2.24) is 4.90 Å². The molecule has 7 rings (SSSR count). The third-order valence-electron chi connectivity index (χ3n) is 9.07. The molecule has 0 aromatic heterocycles. The van der Waals surface area contributed by atoms with Crippen molar-refractivity contribution in [3.05, 3.63) is 137 Å². The fourth-order valence-corrected chi connectivity index (χ4v) is 7.23. The molecule has 3 aliphatic heterocycles. The number of nitrogens with zero attached hydrogens (tertiary/aromatic N) is 1. The van der Waals surface area contributed by atoms with E-state index in [1.807, 2.05) is 104 Å². The molecule has 0 aliphatic carbocycles. The van der Waals surface area contributed by atoms with Crippen LogP contribution in [0.15, 0.2) is 103 Å². The van der Waals surface area contributed by atoms with Gasteiger partial charge in [-0.2, -0.15) is 0 Å². The van der Waals surface area contributed by atoms with Gasteiger partial charge in [0.1, 0.15) is 17.2 Å². The lowest BCUT2D eigenvalue weighted by molar-refractivity contribution is -0.122. The average molecular weight is 569 g/mol. The number of carbonyl (C=O) groups excluding carboxylic acids is 3. The number of hydrogen-bond donors (Lipinski definition) is 1. The van der Waals surface area contributed by atoms with Crippen molar-refractivity contribution < 1.29 is 19.1 Å². The first-order valence-corrected chi connectivity index (χ1v) is 14.8. The highest BCUT2D eigenvalue weighted by molar-refractivity contribution is 6.17. The highest BCUT2D eigenvalue weighted by atomic mass is 16.5. The van der Waals surface area contributed by atoms with E-state index in [2.05, 4.69) is 5.32 Å². The minimum absolute atomic E-state index is 0.238. The van der Waals surface area contributed by atoms with E-state index in [9.17, 15) is 14.4 Å². The Bertz CT molecular complexity index is 1790. The Morgan fingerprint density at radius 2 is 1.60 bits per heavy atom. The van der Waals surface area contributed by atoms with Crippen LogP contribution in [0.3, 0.4) is 0 Å². The molecule has 1 amide bonds. The van der Waals surface area contributed by atoms with Gasteiger partial charge in [-0.1, -0.05) is 91.3 Å². The van der Waals surface area contributed by atoms with Gasteiger partial charge >= 0.3 is 0 Å². The lowest BCUT2D eigenvalue weighted by Crippen LogP contribution is -2.49. The second kappa shape index (κ2) is 10.4. The first-order chi connectivity index (χ1) is 21.0. The summed E-state index contributed by atoms with van der Waals surface area (Å²) in [6, 6.07) is 28.5. The van der Waals surface area contributed by atoms with Crippen LogP contribution in [0.5, 0.6) is 5.75 Å². The smallest absolute Gasteiger partial charge is 0.238 e. The maximum atomic E-state index is 14.9. The van der Waals surface area contributed by atoms with E-state index in [1.165, 1.54) is 0 Å². The lowest BCUT2D eigenvalue weighted by atomic mass is 9.62. The zero-order valence-electron chi connectivity index (χ0n) is 24.1. The second-order valence-corrected chi connectivity index (χ2v) is 11.5. The number of nitrogens with one attached hydrogen (secondary N) is 1. The molecule has 1 spiro atoms. The van der Waals surface area contributed by atoms with Gasteiger partial charge in [-0.15, -0.1) is 0 Å². The molecule has 1 saturated heterocycles. The van der Waals surface area contributed by atoms with Gasteiger partial charge in [0.25, 0.3) is 0 Å². The summed E-state index contributed by atoms with van der Waals surface area (Å²) in [5.41, 5.74) is 3.79. The van der Waals surface area contributed by atoms with Crippen molar-refractivity contribution in [2.75, 3.05) is 11.9 Å². The summed E-state index contributed by atoms with van der Waals surface area (Å²) in [6.07, 6.45) is 4.65. The molecule has 1 fully saturated rings. The number of para-hydroxylation sites is 2. The van der Waals surface area contributed by atoms with Crippen LogP contribution in [0.25, 0.3) is 6.08 Å². The first kappa shape index (κ1) is 26.9. The number of amides is 1. The highest BCUT2D eigenvalue weighted by Crippen LogP contribution is 2.62. The fraction of sp³-hybridized carbons (Fsp3) is 0.216. The van der Waals surface area contributed by atoms with Crippen LogP contribution in [0.1, 0.15) is 62.4 Å². The highest BCUT2D eigenvalue weighted by Gasteiger charge is 2.70. The van der Waals surface area contributed by atoms with Crippen LogP contribution in [0.2, 0.25) is 0 Å². The van der Waals surface area contributed by atoms with Crippen molar-refractivity contribution in [1.29, 1.82) is 0 Å². The second-order valence-electron chi connectivity index (χ2n) is 11.5. The molecular formula is C37H32N2O4. The molecule has 4 aromatic carbocycles. The molecule has 214 valence electrons. The van der Waals surface area contributed by atoms with Crippen LogP contribution in [0.4, 0.5) is 5.69 Å². The van der Waals surface area contributed by atoms with Crippen LogP contribution < -0.4 is 10.1 Å². The van der Waals surface area contributed by atoms with Gasteiger partial charge in [0, 0.05) is 17.5 Å². The predicted molar refractivity (Wildman–Crippen MR) is 166 cm³/mol. The van der Waals surface area contributed by atoms with Gasteiger partial charge in [0.05, 0.1) is 24.1 Å². The molecule has 3 heterocycles. The third-order valence-corrected chi connectivity index (χ3v) is 9.07. The average Bonchev–Trinajstić information content (AvgIpc) is 3.52. The zero-order chi connectivity index (χ0) is 29.7. The van der Waals surface area contributed by atoms with E-state index >= 15 is 0 Å². The number of carbonyl (C=O) groups is 3. The number of ketones is 2. The molecule has 0 radical (unpaired) electrons. The maximum Gasteiger partial charge on any atom is 0.238 e. The summed E-state index contributed by atoms with van der Waals surface area (Å²) in [7, 11) is 0. The van der Waals surface area contributed by atoms with E-state index in [4.69, 9.17) is 4.74 Å². The molecule has 0 saturated carbocycles. The van der Waals surface area contributed by atoms with E-state index in [-0.39, 0.29) is 17.5 Å². The number of ether oxygens (including phenoxy) is 1.